The molecule has 180 valence electrons. The van der Waals surface area contributed by atoms with E-state index in [2.05, 4.69) is 10.2 Å². The van der Waals surface area contributed by atoms with Gasteiger partial charge in [0.1, 0.15) is 5.75 Å². The third-order valence-electron chi connectivity index (χ3n) is 6.07. The predicted molar refractivity (Wildman–Crippen MR) is 124 cm³/mol. The van der Waals surface area contributed by atoms with Gasteiger partial charge in [-0.3, -0.25) is 14.6 Å². The van der Waals surface area contributed by atoms with Gasteiger partial charge in [0.15, 0.2) is 0 Å². The average Bonchev–Trinajstić information content (AvgIpc) is 2.81. The number of benzene rings is 1. The molecule has 1 aromatic carbocycles. The molecule has 0 bridgehead atoms. The highest BCUT2D eigenvalue weighted by atomic mass is 16.5. The Kier molecular flexibility index (Phi) is 7.97. The molecule has 3 amide bonds. The first-order chi connectivity index (χ1) is 15.8. The molecule has 1 aromatic rings. The number of rotatable bonds is 7. The summed E-state index contributed by atoms with van der Waals surface area (Å²) < 4.78 is 10.9. The number of hydrogen-bond donors (Lipinski definition) is 1. The summed E-state index contributed by atoms with van der Waals surface area (Å²) >= 11 is 0. The highest BCUT2D eigenvalue weighted by Gasteiger charge is 2.38. The van der Waals surface area contributed by atoms with Crippen LogP contribution in [0.3, 0.4) is 0 Å². The molecular formula is C24H34N4O5. The Morgan fingerprint density at radius 1 is 1.15 bits per heavy atom. The lowest BCUT2D eigenvalue weighted by Crippen LogP contribution is -2.53. The number of methoxy groups -OCH3 is 1. The topological polar surface area (TPSA) is 91.4 Å². The number of urea groups is 1. The molecule has 2 aliphatic heterocycles. The molecule has 0 aromatic heterocycles. The van der Waals surface area contributed by atoms with Crippen molar-refractivity contribution in [1.82, 2.24) is 20.0 Å². The van der Waals surface area contributed by atoms with Crippen molar-refractivity contribution in [2.24, 2.45) is 5.92 Å². The average molecular weight is 459 g/mol. The van der Waals surface area contributed by atoms with Crippen LogP contribution in [0.4, 0.5) is 4.79 Å². The van der Waals surface area contributed by atoms with Crippen molar-refractivity contribution in [3.05, 3.63) is 41.1 Å². The van der Waals surface area contributed by atoms with Gasteiger partial charge in [0, 0.05) is 56.9 Å². The second kappa shape index (κ2) is 10.7. The van der Waals surface area contributed by atoms with Crippen molar-refractivity contribution in [2.45, 2.75) is 26.8 Å². The van der Waals surface area contributed by atoms with Crippen LogP contribution in [-0.4, -0.2) is 86.1 Å². The summed E-state index contributed by atoms with van der Waals surface area (Å²) in [5.41, 5.74) is 1.68. The van der Waals surface area contributed by atoms with E-state index >= 15 is 0 Å². The lowest BCUT2D eigenvalue weighted by atomic mass is 9.93. The van der Waals surface area contributed by atoms with E-state index in [1.54, 1.807) is 27.1 Å². The van der Waals surface area contributed by atoms with E-state index in [1.807, 2.05) is 36.9 Å². The number of carbonyl (C=O) groups excluding carboxylic acids is 3. The van der Waals surface area contributed by atoms with Gasteiger partial charge in [-0.05, 0) is 13.0 Å². The number of esters is 1. The number of likely N-dealkylation sites (N-methyl/N-ethyl adjacent to an activating group) is 1. The minimum Gasteiger partial charge on any atom is -0.496 e. The van der Waals surface area contributed by atoms with Crippen LogP contribution in [0.1, 0.15) is 32.4 Å². The van der Waals surface area contributed by atoms with Crippen LogP contribution >= 0.6 is 0 Å². The number of hydrogen-bond acceptors (Lipinski definition) is 6. The minimum atomic E-state index is -0.692. The van der Waals surface area contributed by atoms with Gasteiger partial charge in [-0.25, -0.2) is 9.59 Å². The fourth-order valence-electron chi connectivity index (χ4n) is 4.24. The second-order valence-electron chi connectivity index (χ2n) is 8.52. The van der Waals surface area contributed by atoms with E-state index < -0.39 is 12.0 Å². The molecular weight excluding hydrogens is 424 g/mol. The molecule has 33 heavy (non-hydrogen) atoms. The number of nitrogens with zero attached hydrogens (tertiary/aromatic N) is 3. The monoisotopic (exact) mass is 458 g/mol. The molecule has 3 rings (SSSR count). The first-order valence-corrected chi connectivity index (χ1v) is 11.4. The molecule has 0 saturated carbocycles. The molecule has 1 N–H and O–H groups in total. The van der Waals surface area contributed by atoms with Crippen LogP contribution in [0.15, 0.2) is 35.5 Å². The van der Waals surface area contributed by atoms with Crippen molar-refractivity contribution in [1.29, 1.82) is 0 Å². The van der Waals surface area contributed by atoms with Crippen LogP contribution < -0.4 is 10.1 Å². The fourth-order valence-corrected chi connectivity index (χ4v) is 4.24. The summed E-state index contributed by atoms with van der Waals surface area (Å²) in [6.45, 7) is 8.73. The summed E-state index contributed by atoms with van der Waals surface area (Å²) in [6.07, 6.45) is 0. The Bertz CT molecular complexity index is 921. The molecule has 2 heterocycles. The van der Waals surface area contributed by atoms with Gasteiger partial charge < -0.3 is 19.7 Å². The SMILES string of the molecule is CCOC(=O)C1=C(CN2CCN(C(=O)C(C)C)CC2)N(C)C(=O)N[C@H]1c1ccccc1OC. The third kappa shape index (κ3) is 5.30. The van der Waals surface area contributed by atoms with Crippen molar-refractivity contribution in [2.75, 3.05) is 53.5 Å². The van der Waals surface area contributed by atoms with Crippen molar-refractivity contribution >= 4 is 17.9 Å². The Morgan fingerprint density at radius 3 is 2.42 bits per heavy atom. The number of piperazine rings is 1. The van der Waals surface area contributed by atoms with Gasteiger partial charge in [0.25, 0.3) is 0 Å². The summed E-state index contributed by atoms with van der Waals surface area (Å²) in [4.78, 5) is 43.9. The van der Waals surface area contributed by atoms with E-state index in [0.29, 0.717) is 55.3 Å². The maximum absolute atomic E-state index is 13.1. The highest BCUT2D eigenvalue weighted by Crippen LogP contribution is 2.35. The summed E-state index contributed by atoms with van der Waals surface area (Å²) in [6, 6.07) is 6.32. The predicted octanol–water partition coefficient (Wildman–Crippen LogP) is 2.01. The number of nitrogens with one attached hydrogen (secondary N) is 1. The second-order valence-corrected chi connectivity index (χ2v) is 8.52. The maximum atomic E-state index is 13.1. The zero-order valence-electron chi connectivity index (χ0n) is 20.1. The Hall–Kier alpha value is -3.07. The summed E-state index contributed by atoms with van der Waals surface area (Å²) in [5.74, 6) is 0.217. The van der Waals surface area contributed by atoms with Crippen LogP contribution in [0.25, 0.3) is 0 Å². The van der Waals surface area contributed by atoms with E-state index in [1.165, 1.54) is 4.90 Å². The van der Waals surface area contributed by atoms with Crippen molar-refractivity contribution in [3.8, 4) is 5.75 Å². The summed E-state index contributed by atoms with van der Waals surface area (Å²) in [5, 5.41) is 2.93. The lowest BCUT2D eigenvalue weighted by molar-refractivity contribution is -0.139. The van der Waals surface area contributed by atoms with Gasteiger partial charge in [0.2, 0.25) is 5.91 Å². The number of ether oxygens (including phenoxy) is 2. The normalized spacial score (nSPS) is 19.6. The van der Waals surface area contributed by atoms with Crippen LogP contribution in [0, 0.1) is 5.92 Å². The molecule has 0 unspecified atom stereocenters. The molecule has 0 spiro atoms. The molecule has 9 heteroatoms. The number of para-hydroxylation sites is 1. The van der Waals surface area contributed by atoms with Gasteiger partial charge in [0.05, 0.1) is 25.3 Å². The van der Waals surface area contributed by atoms with E-state index in [0.717, 1.165) is 0 Å². The number of carbonyl (C=O) groups is 3. The maximum Gasteiger partial charge on any atom is 0.338 e. The Morgan fingerprint density at radius 2 is 1.82 bits per heavy atom. The standard InChI is InChI=1S/C24H34N4O5/c1-6-33-23(30)20-18(15-27-11-13-28(14-12-27)22(29)16(2)3)26(4)24(31)25-21(20)17-9-7-8-10-19(17)32-5/h7-10,16,21H,6,11-15H2,1-5H3,(H,25,31)/t21-/m0/s1. The Balaban J connectivity index is 1.94. The van der Waals surface area contributed by atoms with Crippen molar-refractivity contribution in [3.63, 3.8) is 0 Å². The van der Waals surface area contributed by atoms with Gasteiger partial charge >= 0.3 is 12.0 Å². The zero-order chi connectivity index (χ0) is 24.1. The first-order valence-electron chi connectivity index (χ1n) is 11.4. The van der Waals surface area contributed by atoms with E-state index in [-0.39, 0.29) is 24.5 Å². The largest absolute Gasteiger partial charge is 0.496 e. The van der Waals surface area contributed by atoms with Crippen LogP contribution in [-0.2, 0) is 14.3 Å². The molecule has 9 nitrogen and oxygen atoms in total. The lowest BCUT2D eigenvalue weighted by Gasteiger charge is -2.40. The molecule has 0 radical (unpaired) electrons. The molecule has 0 aliphatic carbocycles. The smallest absolute Gasteiger partial charge is 0.338 e. The van der Waals surface area contributed by atoms with Crippen LogP contribution in [0.2, 0.25) is 0 Å². The first kappa shape index (κ1) is 24.6. The third-order valence-corrected chi connectivity index (χ3v) is 6.07. The van der Waals surface area contributed by atoms with Crippen molar-refractivity contribution < 1.29 is 23.9 Å². The van der Waals surface area contributed by atoms with Gasteiger partial charge in [-0.1, -0.05) is 32.0 Å². The Labute approximate surface area is 195 Å². The number of amides is 3. The van der Waals surface area contributed by atoms with Gasteiger partial charge in [-0.15, -0.1) is 0 Å². The molecule has 1 saturated heterocycles. The molecule has 2 aliphatic rings. The molecule has 1 atom stereocenters. The molecule has 1 fully saturated rings. The highest BCUT2D eigenvalue weighted by molar-refractivity contribution is 5.95. The summed E-state index contributed by atoms with van der Waals surface area (Å²) in [7, 11) is 3.21. The zero-order valence-corrected chi connectivity index (χ0v) is 20.1. The van der Waals surface area contributed by atoms with E-state index in [4.69, 9.17) is 9.47 Å². The van der Waals surface area contributed by atoms with Gasteiger partial charge in [-0.2, -0.15) is 0 Å². The van der Waals surface area contributed by atoms with Crippen LogP contribution in [0.5, 0.6) is 5.75 Å². The fraction of sp³-hybridized carbons (Fsp3) is 0.542. The minimum absolute atomic E-state index is 0.0375. The van der Waals surface area contributed by atoms with E-state index in [9.17, 15) is 14.4 Å². The quantitative estimate of drug-likeness (QED) is 0.629.